The minimum atomic E-state index is -0.781. The SMILES string of the molecule is CCOC(=O)c1cc(C)sc1NC(=O)[C@@H](C)Oc1cc(C)ccc1Cl. The number of aryl methyl sites for hydroxylation is 2. The van der Waals surface area contributed by atoms with Crippen molar-refractivity contribution in [2.75, 3.05) is 11.9 Å². The van der Waals surface area contributed by atoms with Crippen molar-refractivity contribution in [3.63, 3.8) is 0 Å². The quantitative estimate of drug-likeness (QED) is 0.742. The number of hydrogen-bond donors (Lipinski definition) is 1. The van der Waals surface area contributed by atoms with Crippen LogP contribution >= 0.6 is 22.9 Å². The van der Waals surface area contributed by atoms with Crippen LogP contribution < -0.4 is 10.1 Å². The second-order valence-electron chi connectivity index (χ2n) is 5.50. The predicted molar refractivity (Wildman–Crippen MR) is 99.9 cm³/mol. The lowest BCUT2D eigenvalue weighted by Gasteiger charge is -2.16. The van der Waals surface area contributed by atoms with Gasteiger partial charge in [0.2, 0.25) is 0 Å². The molecule has 0 aliphatic heterocycles. The Labute approximate surface area is 155 Å². The molecule has 0 bridgehead atoms. The second-order valence-corrected chi connectivity index (χ2v) is 7.17. The first-order valence-corrected chi connectivity index (χ1v) is 9.02. The molecule has 2 rings (SSSR count). The third kappa shape index (κ3) is 4.96. The highest BCUT2D eigenvalue weighted by Crippen LogP contribution is 2.29. The largest absolute Gasteiger partial charge is 0.479 e. The Morgan fingerprint density at radius 3 is 2.68 bits per heavy atom. The lowest BCUT2D eigenvalue weighted by atomic mass is 10.2. The highest BCUT2D eigenvalue weighted by Gasteiger charge is 2.22. The van der Waals surface area contributed by atoms with E-state index in [0.29, 0.717) is 21.3 Å². The summed E-state index contributed by atoms with van der Waals surface area (Å²) in [6.45, 7) is 7.39. The summed E-state index contributed by atoms with van der Waals surface area (Å²) < 4.78 is 10.7. The maximum Gasteiger partial charge on any atom is 0.341 e. The lowest BCUT2D eigenvalue weighted by molar-refractivity contribution is -0.122. The van der Waals surface area contributed by atoms with Crippen molar-refractivity contribution in [2.45, 2.75) is 33.8 Å². The molecule has 0 aliphatic rings. The molecular weight excluding hydrogens is 362 g/mol. The van der Waals surface area contributed by atoms with Crippen molar-refractivity contribution in [1.82, 2.24) is 0 Å². The average molecular weight is 382 g/mol. The first-order chi connectivity index (χ1) is 11.8. The molecule has 0 fully saturated rings. The lowest BCUT2D eigenvalue weighted by Crippen LogP contribution is -2.30. The summed E-state index contributed by atoms with van der Waals surface area (Å²) in [5.74, 6) is -0.389. The van der Waals surface area contributed by atoms with Gasteiger partial charge in [0.15, 0.2) is 6.10 Å². The monoisotopic (exact) mass is 381 g/mol. The zero-order valence-electron chi connectivity index (χ0n) is 14.5. The third-order valence-corrected chi connectivity index (χ3v) is 4.63. The number of benzene rings is 1. The normalized spacial score (nSPS) is 11.7. The molecule has 1 atom stereocenters. The zero-order valence-corrected chi connectivity index (χ0v) is 16.1. The number of amides is 1. The van der Waals surface area contributed by atoms with Crippen LogP contribution in [0.25, 0.3) is 0 Å². The minimum Gasteiger partial charge on any atom is -0.479 e. The number of carbonyl (C=O) groups is 2. The zero-order chi connectivity index (χ0) is 18.6. The van der Waals surface area contributed by atoms with E-state index in [1.807, 2.05) is 19.9 Å². The number of carbonyl (C=O) groups excluding carboxylic acids is 2. The number of anilines is 1. The van der Waals surface area contributed by atoms with Crippen LogP contribution in [0, 0.1) is 13.8 Å². The van der Waals surface area contributed by atoms with E-state index in [4.69, 9.17) is 21.1 Å². The number of ether oxygens (including phenoxy) is 2. The van der Waals surface area contributed by atoms with Crippen LogP contribution in [0.4, 0.5) is 5.00 Å². The predicted octanol–water partition coefficient (Wildman–Crippen LogP) is 4.60. The molecule has 7 heteroatoms. The molecule has 0 spiro atoms. The van der Waals surface area contributed by atoms with Gasteiger partial charge in [-0.3, -0.25) is 4.79 Å². The van der Waals surface area contributed by atoms with Gasteiger partial charge in [-0.05, 0) is 51.5 Å². The van der Waals surface area contributed by atoms with Gasteiger partial charge < -0.3 is 14.8 Å². The van der Waals surface area contributed by atoms with Crippen LogP contribution in [0.2, 0.25) is 5.02 Å². The van der Waals surface area contributed by atoms with Gasteiger partial charge in [0.05, 0.1) is 17.2 Å². The third-order valence-electron chi connectivity index (χ3n) is 3.35. The topological polar surface area (TPSA) is 64.6 Å². The Kier molecular flexibility index (Phi) is 6.45. The molecule has 1 aromatic heterocycles. The summed E-state index contributed by atoms with van der Waals surface area (Å²) in [6, 6.07) is 7.05. The second kappa shape index (κ2) is 8.36. The van der Waals surface area contributed by atoms with Crippen LogP contribution in [0.5, 0.6) is 5.75 Å². The summed E-state index contributed by atoms with van der Waals surface area (Å²) in [6.07, 6.45) is -0.781. The van der Waals surface area contributed by atoms with E-state index < -0.39 is 12.1 Å². The van der Waals surface area contributed by atoms with Crippen molar-refractivity contribution >= 4 is 39.8 Å². The fourth-order valence-electron chi connectivity index (χ4n) is 2.13. The maximum absolute atomic E-state index is 12.4. The van der Waals surface area contributed by atoms with E-state index in [9.17, 15) is 9.59 Å². The summed E-state index contributed by atoms with van der Waals surface area (Å²) >= 11 is 7.41. The van der Waals surface area contributed by atoms with Crippen LogP contribution in [0.1, 0.15) is 34.6 Å². The van der Waals surface area contributed by atoms with Gasteiger partial charge in [-0.15, -0.1) is 11.3 Å². The van der Waals surface area contributed by atoms with E-state index in [-0.39, 0.29) is 12.5 Å². The van der Waals surface area contributed by atoms with E-state index >= 15 is 0 Å². The molecule has 2 aromatic rings. The molecule has 0 unspecified atom stereocenters. The number of hydrogen-bond acceptors (Lipinski definition) is 5. The van der Waals surface area contributed by atoms with Gasteiger partial charge in [0.1, 0.15) is 10.8 Å². The molecule has 1 aromatic carbocycles. The van der Waals surface area contributed by atoms with Gasteiger partial charge in [0, 0.05) is 4.88 Å². The molecule has 0 radical (unpaired) electrons. The van der Waals surface area contributed by atoms with Gasteiger partial charge in [-0.1, -0.05) is 17.7 Å². The van der Waals surface area contributed by atoms with E-state index in [0.717, 1.165) is 10.4 Å². The summed E-state index contributed by atoms with van der Waals surface area (Å²) in [7, 11) is 0. The molecule has 1 heterocycles. The van der Waals surface area contributed by atoms with Crippen LogP contribution in [0.3, 0.4) is 0 Å². The molecule has 5 nitrogen and oxygen atoms in total. The molecule has 0 aliphatic carbocycles. The van der Waals surface area contributed by atoms with Gasteiger partial charge in [-0.2, -0.15) is 0 Å². The molecule has 1 N–H and O–H groups in total. The van der Waals surface area contributed by atoms with E-state index in [2.05, 4.69) is 5.32 Å². The van der Waals surface area contributed by atoms with Crippen LogP contribution in [-0.4, -0.2) is 24.6 Å². The molecular formula is C18H20ClNO4S. The van der Waals surface area contributed by atoms with Crippen LogP contribution in [0.15, 0.2) is 24.3 Å². The average Bonchev–Trinajstić information content (AvgIpc) is 2.91. The number of thiophene rings is 1. The Hall–Kier alpha value is -2.05. The van der Waals surface area contributed by atoms with Crippen molar-refractivity contribution < 1.29 is 19.1 Å². The van der Waals surface area contributed by atoms with E-state index in [1.165, 1.54) is 11.3 Å². The number of nitrogens with one attached hydrogen (secondary N) is 1. The fraction of sp³-hybridized carbons (Fsp3) is 0.333. The fourth-order valence-corrected chi connectivity index (χ4v) is 3.19. The van der Waals surface area contributed by atoms with E-state index in [1.54, 1.807) is 32.0 Å². The standard InChI is InChI=1S/C18H20ClNO4S/c1-5-23-18(22)13-9-11(3)25-17(13)20-16(21)12(4)24-15-8-10(2)6-7-14(15)19/h6-9,12H,5H2,1-4H3,(H,20,21)/t12-/m1/s1. The van der Waals surface area contributed by atoms with Crippen molar-refractivity contribution in [2.24, 2.45) is 0 Å². The van der Waals surface area contributed by atoms with Crippen LogP contribution in [-0.2, 0) is 9.53 Å². The highest BCUT2D eigenvalue weighted by molar-refractivity contribution is 7.16. The van der Waals surface area contributed by atoms with Crippen molar-refractivity contribution in [3.05, 3.63) is 45.3 Å². The molecule has 1 amide bonds. The Morgan fingerprint density at radius 2 is 2.00 bits per heavy atom. The summed E-state index contributed by atoms with van der Waals surface area (Å²) in [5, 5.41) is 3.62. The number of esters is 1. The minimum absolute atomic E-state index is 0.270. The summed E-state index contributed by atoms with van der Waals surface area (Å²) in [4.78, 5) is 25.3. The molecule has 134 valence electrons. The van der Waals surface area contributed by atoms with Crippen molar-refractivity contribution in [1.29, 1.82) is 0 Å². The van der Waals surface area contributed by atoms with Gasteiger partial charge in [0.25, 0.3) is 5.91 Å². The summed E-state index contributed by atoms with van der Waals surface area (Å²) in [5.41, 5.74) is 1.32. The Bertz CT molecular complexity index is 787. The first kappa shape index (κ1) is 19.3. The maximum atomic E-state index is 12.4. The highest BCUT2D eigenvalue weighted by atomic mass is 35.5. The Morgan fingerprint density at radius 1 is 1.28 bits per heavy atom. The van der Waals surface area contributed by atoms with Crippen molar-refractivity contribution in [3.8, 4) is 5.75 Å². The Balaban J connectivity index is 2.11. The van der Waals surface area contributed by atoms with Gasteiger partial charge >= 0.3 is 5.97 Å². The molecule has 0 saturated carbocycles. The smallest absolute Gasteiger partial charge is 0.341 e. The number of halogens is 1. The molecule has 0 saturated heterocycles. The first-order valence-electron chi connectivity index (χ1n) is 7.83. The molecule has 25 heavy (non-hydrogen) atoms. The van der Waals surface area contributed by atoms with Gasteiger partial charge in [-0.25, -0.2) is 4.79 Å². The number of rotatable bonds is 6.